The van der Waals surface area contributed by atoms with Crippen LogP contribution in [0.2, 0.25) is 0 Å². The van der Waals surface area contributed by atoms with Crippen molar-refractivity contribution >= 4 is 127 Å². The maximum Gasteiger partial charge on any atom is 0.339 e. The van der Waals surface area contributed by atoms with Gasteiger partial charge in [0, 0.05) is 101 Å². The van der Waals surface area contributed by atoms with Gasteiger partial charge < -0.3 is 27.2 Å². The van der Waals surface area contributed by atoms with Crippen molar-refractivity contribution in [3.05, 3.63) is 188 Å². The molecule has 0 amide bonds. The first kappa shape index (κ1) is 54.0. The van der Waals surface area contributed by atoms with Crippen LogP contribution in [0.4, 0.5) is 17.1 Å². The van der Waals surface area contributed by atoms with Crippen LogP contribution in [0.5, 0.6) is 17.2 Å². The molecular weight excluding hydrogens is 1130 g/mol. The van der Waals surface area contributed by atoms with E-state index in [1.807, 2.05) is 118 Å². The Morgan fingerprint density at radius 3 is 0.823 bits per heavy atom. The molecule has 400 valence electrons. The fraction of sp³-hybridized carbons (Fsp3) is 0.100. The maximum atomic E-state index is 15.1. The van der Waals surface area contributed by atoms with E-state index in [0.29, 0.717) is 50.9 Å². The van der Waals surface area contributed by atoms with Crippen LogP contribution < -0.4 is 27.2 Å². The molecule has 79 heavy (non-hydrogen) atoms. The summed E-state index contributed by atoms with van der Waals surface area (Å²) in [5.74, 6) is -0.0829. The van der Waals surface area contributed by atoms with Gasteiger partial charge in [-0.25, -0.2) is 0 Å². The molecule has 12 nitrogen and oxygen atoms in total. The topological polar surface area (TPSA) is 140 Å². The van der Waals surface area contributed by atoms with Gasteiger partial charge in [-0.3, -0.25) is 0 Å². The molecule has 0 saturated carbocycles. The van der Waals surface area contributed by atoms with E-state index in [4.69, 9.17) is 12.5 Å². The van der Waals surface area contributed by atoms with Crippen LogP contribution in [0.25, 0.3) is 32.3 Å². The van der Waals surface area contributed by atoms with Gasteiger partial charge in [0.25, 0.3) is 0 Å². The maximum absolute atomic E-state index is 15.1. The summed E-state index contributed by atoms with van der Waals surface area (Å²) in [6.45, 7) is 0. The fourth-order valence-electron chi connectivity index (χ4n) is 9.39. The first-order chi connectivity index (χ1) is 37.9. The predicted molar refractivity (Wildman–Crippen MR) is 321 cm³/mol. The Bertz CT molecular complexity index is 4210. The molecule has 0 aromatic heterocycles. The first-order valence-corrected chi connectivity index (χ1v) is 32.0. The van der Waals surface area contributed by atoms with Crippen molar-refractivity contribution in [2.45, 2.75) is 53.9 Å². The first-order valence-electron chi connectivity index (χ1n) is 24.5. The van der Waals surface area contributed by atoms with E-state index in [9.17, 15) is 16.8 Å². The summed E-state index contributed by atoms with van der Waals surface area (Å²) in [5, 5.41) is 3.49. The third-order valence-electron chi connectivity index (χ3n) is 12.9. The predicted octanol–water partition coefficient (Wildman–Crippen LogP) is 14.6. The second-order valence-corrected chi connectivity index (χ2v) is 27.8. The lowest BCUT2D eigenvalue weighted by Gasteiger charge is -2.21. The van der Waals surface area contributed by atoms with Crippen LogP contribution in [0, 0.1) is 0 Å². The van der Waals surface area contributed by atoms with Gasteiger partial charge in [0.15, 0.2) is 17.2 Å². The summed E-state index contributed by atoms with van der Waals surface area (Å²) in [5.41, 5.74) is 2.44. The highest BCUT2D eigenvalue weighted by Crippen LogP contribution is 2.53. The molecule has 0 spiro atoms. The summed E-state index contributed by atoms with van der Waals surface area (Å²) in [6.07, 6.45) is 0. The normalized spacial score (nSPS) is 12.8. The zero-order chi connectivity index (χ0) is 55.4. The highest BCUT2D eigenvalue weighted by atomic mass is 32.2. The molecule has 11 rings (SSSR count). The fourth-order valence-corrected chi connectivity index (χ4v) is 17.5. The minimum atomic E-state index is -4.69. The molecular formula is C60H49N3O9S7. The SMILES string of the molecule is CN(C)c1cccc2c(S(=O)(=O)Oc3c4cccc3Sc3cccc(c3OS(=O)(=O)c3cccc5c(N(C)C)cccc35)Sc3cccc(c3OS(=O)(=O)c3cccc5c(N(C)C)cccc35)Sc3cccc(c3)S4)cccc12. The second-order valence-electron chi connectivity index (χ2n) is 18.8. The van der Waals surface area contributed by atoms with E-state index in [1.165, 1.54) is 41.7 Å². The molecule has 0 unspecified atom stereocenters. The van der Waals surface area contributed by atoms with Crippen molar-refractivity contribution < 1.29 is 37.8 Å². The van der Waals surface area contributed by atoms with Gasteiger partial charge in [0.1, 0.15) is 14.7 Å². The number of fused-ring (bicyclic) bond motifs is 11. The van der Waals surface area contributed by atoms with Crippen molar-refractivity contribution in [3.8, 4) is 17.2 Å². The Morgan fingerprint density at radius 1 is 0.291 bits per heavy atom. The number of benzene rings is 10. The Labute approximate surface area is 477 Å². The highest BCUT2D eigenvalue weighted by molar-refractivity contribution is 8.01. The molecule has 0 saturated heterocycles. The van der Waals surface area contributed by atoms with E-state index < -0.39 is 30.4 Å². The Balaban J connectivity index is 1.10. The summed E-state index contributed by atoms with van der Waals surface area (Å²) in [4.78, 5) is 9.07. The highest BCUT2D eigenvalue weighted by Gasteiger charge is 2.31. The summed E-state index contributed by atoms with van der Waals surface area (Å²) in [6, 6.07) is 54.7. The van der Waals surface area contributed by atoms with Crippen LogP contribution in [-0.4, -0.2) is 67.5 Å². The van der Waals surface area contributed by atoms with Crippen molar-refractivity contribution in [2.24, 2.45) is 0 Å². The smallest absolute Gasteiger partial charge is 0.339 e. The van der Waals surface area contributed by atoms with Crippen LogP contribution >= 0.6 is 47.0 Å². The lowest BCUT2D eigenvalue weighted by atomic mass is 10.1. The minimum Gasteiger partial charge on any atom is -0.377 e. The van der Waals surface area contributed by atoms with Crippen molar-refractivity contribution in [2.75, 3.05) is 57.0 Å². The zero-order valence-corrected chi connectivity index (χ0v) is 49.0. The average Bonchev–Trinajstić information content (AvgIpc) is 3.47. The van der Waals surface area contributed by atoms with Gasteiger partial charge in [-0.1, -0.05) is 144 Å². The molecule has 0 fully saturated rings. The molecule has 0 radical (unpaired) electrons. The molecule has 0 aliphatic carbocycles. The van der Waals surface area contributed by atoms with E-state index in [-0.39, 0.29) is 41.7 Å². The third-order valence-corrected chi connectivity index (χ3v) is 21.0. The van der Waals surface area contributed by atoms with Crippen LogP contribution in [0.3, 0.4) is 0 Å². The van der Waals surface area contributed by atoms with E-state index in [0.717, 1.165) is 51.4 Å². The molecule has 10 aromatic carbocycles. The molecule has 1 aliphatic heterocycles. The van der Waals surface area contributed by atoms with Crippen molar-refractivity contribution in [1.29, 1.82) is 0 Å². The van der Waals surface area contributed by atoms with Crippen LogP contribution in [0.1, 0.15) is 0 Å². The minimum absolute atomic E-state index is 0.0119. The lowest BCUT2D eigenvalue weighted by Crippen LogP contribution is -2.13. The number of nitrogens with zero attached hydrogens (tertiary/aromatic N) is 3. The Hall–Kier alpha value is -6.97. The van der Waals surface area contributed by atoms with Crippen LogP contribution in [-0.2, 0) is 30.4 Å². The third kappa shape index (κ3) is 10.7. The number of hydrogen-bond donors (Lipinski definition) is 0. The van der Waals surface area contributed by atoms with E-state index in [2.05, 4.69) is 0 Å². The number of rotatable bonds is 12. The Kier molecular flexibility index (Phi) is 14.8. The van der Waals surface area contributed by atoms with Gasteiger partial charge in [-0.2, -0.15) is 25.3 Å². The number of anilines is 3. The number of para-hydroxylation sites is 3. The largest absolute Gasteiger partial charge is 0.377 e. The molecule has 10 aromatic rings. The van der Waals surface area contributed by atoms with Crippen molar-refractivity contribution in [3.63, 3.8) is 0 Å². The summed E-state index contributed by atoms with van der Waals surface area (Å²) >= 11 is 4.65. The van der Waals surface area contributed by atoms with Gasteiger partial charge in [0.2, 0.25) is 0 Å². The van der Waals surface area contributed by atoms with E-state index in [1.54, 1.807) is 109 Å². The zero-order valence-electron chi connectivity index (χ0n) is 43.3. The Morgan fingerprint density at radius 2 is 0.532 bits per heavy atom. The molecule has 19 heteroatoms. The molecule has 1 aliphatic rings. The van der Waals surface area contributed by atoms with Gasteiger partial charge in [0.05, 0.1) is 29.4 Å². The summed E-state index contributed by atoms with van der Waals surface area (Å²) < 4.78 is 109. The molecule has 0 atom stereocenters. The lowest BCUT2D eigenvalue weighted by molar-refractivity contribution is 0.473. The van der Waals surface area contributed by atoms with Crippen molar-refractivity contribution in [1.82, 2.24) is 0 Å². The molecule has 0 N–H and O–H groups in total. The van der Waals surface area contributed by atoms with Gasteiger partial charge >= 0.3 is 30.4 Å². The standard InChI is InChI=1S/C60H49N3O9S7/c1-61(2)46-25-8-22-43-40(46)19-11-34-55(43)77(64,65)70-58-49-28-14-30-51(58)75-53-32-16-33-54(60(53)72-79(68,69)57-36-13-21-42-45(57)24-10-27-48(42)63(5)6)76-52-31-15-29-50(74-39-18-7-17-38(37-39)73-49)59(52)71-78(66,67)56-35-12-20-41-44(56)23-9-26-47(41)62(3)4/h7-37H,1-6H3. The number of hydrogen-bond acceptors (Lipinski definition) is 16. The second kappa shape index (κ2) is 21.6. The van der Waals surface area contributed by atoms with Gasteiger partial charge in [-0.05, 0) is 91.0 Å². The molecule has 1 heterocycles. The monoisotopic (exact) mass is 1180 g/mol. The summed E-state index contributed by atoms with van der Waals surface area (Å²) in [7, 11) is -2.53. The van der Waals surface area contributed by atoms with Crippen LogP contribution in [0.15, 0.2) is 242 Å². The van der Waals surface area contributed by atoms with E-state index >= 15 is 8.42 Å². The average molecular weight is 1180 g/mol. The quantitative estimate of drug-likeness (QED) is 0.107. The molecule has 8 bridgehead atoms. The van der Waals surface area contributed by atoms with Gasteiger partial charge in [-0.15, -0.1) is 0 Å².